The van der Waals surface area contributed by atoms with E-state index in [2.05, 4.69) is 25.9 Å². The van der Waals surface area contributed by atoms with Gasteiger partial charge in [-0.2, -0.15) is 4.98 Å². The molecule has 2 heterocycles. The maximum atomic E-state index is 10.4. The van der Waals surface area contributed by atoms with Crippen molar-refractivity contribution >= 4 is 21.7 Å². The number of aromatic nitrogens is 2. The number of hydrogen-bond acceptors (Lipinski definition) is 7. The smallest absolute Gasteiger partial charge is 0.346 e. The molecule has 1 aromatic rings. The van der Waals surface area contributed by atoms with Crippen LogP contribution in [0.4, 0.5) is 5.82 Å². The summed E-state index contributed by atoms with van der Waals surface area (Å²) in [5, 5.41) is 26.2. The second kappa shape index (κ2) is 6.81. The van der Waals surface area contributed by atoms with E-state index in [4.69, 9.17) is 25.8 Å². The molecule has 0 amide bonds. The van der Waals surface area contributed by atoms with Gasteiger partial charge in [0, 0.05) is 6.20 Å². The van der Waals surface area contributed by atoms with Gasteiger partial charge < -0.3 is 30.8 Å². The van der Waals surface area contributed by atoms with Gasteiger partial charge in [-0.3, -0.25) is 0 Å². The summed E-state index contributed by atoms with van der Waals surface area (Å²) in [7, 11) is 0. The molecule has 1 aliphatic rings. The lowest BCUT2D eigenvalue weighted by Crippen LogP contribution is -2.31. The molecule has 8 nitrogen and oxygen atoms in total. The highest BCUT2D eigenvalue weighted by Crippen LogP contribution is 2.12. The third-order valence-electron chi connectivity index (χ3n) is 2.23. The molecule has 0 aliphatic carbocycles. The Morgan fingerprint density at radius 2 is 2.28 bits per heavy atom. The molecule has 0 radical (unpaired) electrons. The molecule has 18 heavy (non-hydrogen) atoms. The maximum absolute atomic E-state index is 10.4. The van der Waals surface area contributed by atoms with Crippen molar-refractivity contribution in [2.45, 2.75) is 18.3 Å². The standard InChI is InChI=1S/C5H10O4.C4H4BrN3O/c6-1-4-5(8)3(7)2-9-4;5-2-1-7-4(9)8-3(2)6/h3-8H,1-2H2;1H,(H3,6,7,8,9)/t3-,4+,5-;/m0./s1. The normalized spacial score (nSPS) is 26.6. The van der Waals surface area contributed by atoms with Crippen molar-refractivity contribution in [2.75, 3.05) is 18.9 Å². The summed E-state index contributed by atoms with van der Waals surface area (Å²) in [6.07, 6.45) is -0.901. The molecule has 0 aromatic carbocycles. The Bertz CT molecular complexity index is 440. The van der Waals surface area contributed by atoms with Crippen LogP contribution in [0.3, 0.4) is 0 Å². The molecule has 2 rings (SSSR count). The van der Waals surface area contributed by atoms with Crippen LogP contribution in [0.25, 0.3) is 0 Å². The Labute approximate surface area is 111 Å². The average Bonchev–Trinajstić information content (AvgIpc) is 2.66. The second-order valence-corrected chi connectivity index (χ2v) is 4.41. The predicted octanol–water partition coefficient (Wildman–Crippen LogP) is -1.79. The van der Waals surface area contributed by atoms with Gasteiger partial charge in [-0.05, 0) is 15.9 Å². The van der Waals surface area contributed by atoms with Crippen LogP contribution in [0.5, 0.6) is 0 Å². The molecule has 0 saturated carbocycles. The Hall–Kier alpha value is -1.00. The first-order valence-electron chi connectivity index (χ1n) is 5.05. The van der Waals surface area contributed by atoms with Crippen molar-refractivity contribution in [1.29, 1.82) is 0 Å². The van der Waals surface area contributed by atoms with Gasteiger partial charge in [0.1, 0.15) is 24.1 Å². The minimum Gasteiger partial charge on any atom is -0.394 e. The Morgan fingerprint density at radius 1 is 1.61 bits per heavy atom. The molecule has 1 aromatic heterocycles. The summed E-state index contributed by atoms with van der Waals surface area (Å²) in [4.78, 5) is 16.1. The van der Waals surface area contributed by atoms with Gasteiger partial charge in [-0.1, -0.05) is 0 Å². The van der Waals surface area contributed by atoms with Crippen molar-refractivity contribution in [1.82, 2.24) is 9.97 Å². The Kier molecular flexibility index (Phi) is 5.69. The summed E-state index contributed by atoms with van der Waals surface area (Å²) in [6.45, 7) is -0.120. The number of hydrogen-bond donors (Lipinski definition) is 5. The first kappa shape index (κ1) is 15.1. The molecule has 102 valence electrons. The van der Waals surface area contributed by atoms with Gasteiger partial charge in [0.15, 0.2) is 0 Å². The molecule has 0 bridgehead atoms. The van der Waals surface area contributed by atoms with Crippen molar-refractivity contribution in [3.05, 3.63) is 21.2 Å². The summed E-state index contributed by atoms with van der Waals surface area (Å²) in [5.41, 5.74) is 4.81. The lowest BCUT2D eigenvalue weighted by molar-refractivity contribution is -0.00588. The largest absolute Gasteiger partial charge is 0.394 e. The number of anilines is 1. The van der Waals surface area contributed by atoms with E-state index < -0.39 is 24.0 Å². The van der Waals surface area contributed by atoms with Crippen LogP contribution in [0.2, 0.25) is 0 Å². The van der Waals surface area contributed by atoms with Gasteiger partial charge in [0.05, 0.1) is 17.7 Å². The van der Waals surface area contributed by atoms with Gasteiger partial charge in [0.2, 0.25) is 0 Å². The highest BCUT2D eigenvalue weighted by atomic mass is 79.9. The molecule has 1 saturated heterocycles. The SMILES string of the molecule is Nc1nc(=O)[nH]cc1Br.OC[C@H]1OC[C@H](O)[C@@H]1O. The van der Waals surface area contributed by atoms with E-state index in [0.717, 1.165) is 0 Å². The quantitative estimate of drug-likeness (QED) is 0.411. The van der Waals surface area contributed by atoms with Crippen molar-refractivity contribution < 1.29 is 20.1 Å². The lowest BCUT2D eigenvalue weighted by Gasteiger charge is -2.10. The molecule has 0 unspecified atom stereocenters. The third-order valence-corrected chi connectivity index (χ3v) is 2.86. The van der Waals surface area contributed by atoms with E-state index in [0.29, 0.717) is 4.47 Å². The maximum Gasteiger partial charge on any atom is 0.346 e. The molecule has 1 aliphatic heterocycles. The van der Waals surface area contributed by atoms with Gasteiger partial charge in [-0.15, -0.1) is 0 Å². The van der Waals surface area contributed by atoms with Gasteiger partial charge in [-0.25, -0.2) is 4.79 Å². The highest BCUT2D eigenvalue weighted by Gasteiger charge is 2.33. The molecule has 3 atom stereocenters. The molecule has 9 heteroatoms. The lowest BCUT2D eigenvalue weighted by atomic mass is 10.2. The van der Waals surface area contributed by atoms with Crippen LogP contribution < -0.4 is 11.4 Å². The molecular formula is C9H14BrN3O5. The van der Waals surface area contributed by atoms with Crippen LogP contribution in [0.15, 0.2) is 15.5 Å². The molecule has 0 spiro atoms. The zero-order valence-corrected chi connectivity index (χ0v) is 10.9. The fraction of sp³-hybridized carbons (Fsp3) is 0.556. The minimum absolute atomic E-state index is 0.117. The van der Waals surface area contributed by atoms with E-state index in [-0.39, 0.29) is 19.0 Å². The number of nitrogens with zero attached hydrogens (tertiary/aromatic N) is 1. The fourth-order valence-corrected chi connectivity index (χ4v) is 1.43. The number of aliphatic hydroxyl groups excluding tert-OH is 3. The van der Waals surface area contributed by atoms with E-state index in [1.54, 1.807) is 0 Å². The average molecular weight is 324 g/mol. The summed E-state index contributed by atoms with van der Waals surface area (Å²) >= 11 is 3.07. The van der Waals surface area contributed by atoms with Crippen molar-refractivity contribution in [3.63, 3.8) is 0 Å². The first-order chi connectivity index (χ1) is 8.45. The molecular weight excluding hydrogens is 310 g/mol. The molecule has 1 fully saturated rings. The van der Waals surface area contributed by atoms with E-state index >= 15 is 0 Å². The number of ether oxygens (including phenoxy) is 1. The first-order valence-corrected chi connectivity index (χ1v) is 5.84. The van der Waals surface area contributed by atoms with Crippen LogP contribution in [-0.2, 0) is 4.74 Å². The zero-order chi connectivity index (χ0) is 13.7. The van der Waals surface area contributed by atoms with Crippen molar-refractivity contribution in [3.8, 4) is 0 Å². The number of nitrogens with two attached hydrogens (primary N) is 1. The summed E-state index contributed by atoms with van der Waals surface area (Å²) in [5.74, 6) is 0.207. The van der Waals surface area contributed by atoms with E-state index in [1.807, 2.05) is 0 Å². The van der Waals surface area contributed by atoms with Crippen LogP contribution in [-0.4, -0.2) is 56.8 Å². The van der Waals surface area contributed by atoms with Crippen molar-refractivity contribution in [2.24, 2.45) is 0 Å². The number of aromatic amines is 1. The summed E-state index contributed by atoms with van der Waals surface area (Å²) in [6, 6.07) is 0. The number of rotatable bonds is 1. The van der Waals surface area contributed by atoms with Crippen LogP contribution in [0.1, 0.15) is 0 Å². The monoisotopic (exact) mass is 323 g/mol. The fourth-order valence-electron chi connectivity index (χ4n) is 1.22. The van der Waals surface area contributed by atoms with E-state index in [9.17, 15) is 4.79 Å². The highest BCUT2D eigenvalue weighted by molar-refractivity contribution is 9.10. The Morgan fingerprint density at radius 3 is 2.61 bits per heavy atom. The zero-order valence-electron chi connectivity index (χ0n) is 9.28. The topological polar surface area (TPSA) is 142 Å². The molecule has 6 N–H and O–H groups in total. The summed E-state index contributed by atoms with van der Waals surface area (Å²) < 4.78 is 5.38. The number of halogens is 1. The second-order valence-electron chi connectivity index (χ2n) is 3.55. The van der Waals surface area contributed by atoms with Crippen LogP contribution >= 0.6 is 15.9 Å². The van der Waals surface area contributed by atoms with Gasteiger partial charge >= 0.3 is 5.69 Å². The van der Waals surface area contributed by atoms with E-state index in [1.165, 1.54) is 6.20 Å². The third kappa shape index (κ3) is 4.03. The van der Waals surface area contributed by atoms with Crippen LogP contribution in [0, 0.1) is 0 Å². The number of nitrogens with one attached hydrogen (secondary N) is 1. The predicted molar refractivity (Wildman–Crippen MR) is 65.8 cm³/mol. The number of nitrogen functional groups attached to an aromatic ring is 1. The minimum atomic E-state index is -0.921. The van der Waals surface area contributed by atoms with Gasteiger partial charge in [0.25, 0.3) is 0 Å². The Balaban J connectivity index is 0.000000180. The number of H-pyrrole nitrogens is 1. The number of aliphatic hydroxyl groups is 3.